The number of carbonyl (C=O) groups is 1. The van der Waals surface area contributed by atoms with Crippen LogP contribution in [0.15, 0.2) is 42.5 Å². The molecule has 0 radical (unpaired) electrons. The first-order valence-corrected chi connectivity index (χ1v) is 11.5. The van der Waals surface area contributed by atoms with E-state index in [1.165, 1.54) is 0 Å². The molecule has 2 aromatic rings. The molecule has 0 aromatic heterocycles. The van der Waals surface area contributed by atoms with E-state index in [4.69, 9.17) is 0 Å². The number of rotatable bonds is 11. The normalized spacial score (nSPS) is 13.1. The first-order chi connectivity index (χ1) is 16.8. The van der Waals surface area contributed by atoms with Crippen LogP contribution in [0.4, 0.5) is 36.8 Å². The molecule has 11 heteroatoms. The highest BCUT2D eigenvalue weighted by molar-refractivity contribution is 5.89. The minimum absolute atomic E-state index is 0.0163. The zero-order chi connectivity index (χ0) is 26.9. The average molecular weight is 519 g/mol. The molecule has 1 atom stereocenters. The van der Waals surface area contributed by atoms with Crippen molar-refractivity contribution in [2.75, 3.05) is 45.6 Å². The summed E-state index contributed by atoms with van der Waals surface area (Å²) in [6, 6.07) is 7.82. The second-order valence-electron chi connectivity index (χ2n) is 8.94. The van der Waals surface area contributed by atoms with Gasteiger partial charge in [0.2, 0.25) is 0 Å². The van der Waals surface area contributed by atoms with Crippen LogP contribution < -0.4 is 16.0 Å². The number of amides is 2. The summed E-state index contributed by atoms with van der Waals surface area (Å²) >= 11 is 0. The molecule has 0 spiro atoms. The van der Waals surface area contributed by atoms with Gasteiger partial charge in [-0.25, -0.2) is 4.79 Å². The number of benzene rings is 2. The lowest BCUT2D eigenvalue weighted by Gasteiger charge is -2.20. The van der Waals surface area contributed by atoms with Crippen molar-refractivity contribution < 1.29 is 31.1 Å². The third-order valence-electron chi connectivity index (χ3n) is 5.50. The molecule has 5 nitrogen and oxygen atoms in total. The van der Waals surface area contributed by atoms with Gasteiger partial charge in [-0.15, -0.1) is 0 Å². The van der Waals surface area contributed by atoms with E-state index in [0.717, 1.165) is 30.6 Å². The molecule has 0 aliphatic rings. The molecule has 2 amide bonds. The van der Waals surface area contributed by atoms with E-state index in [-0.39, 0.29) is 18.5 Å². The monoisotopic (exact) mass is 518 g/mol. The van der Waals surface area contributed by atoms with Gasteiger partial charge in [0.25, 0.3) is 0 Å². The molecule has 0 saturated heterocycles. The fourth-order valence-electron chi connectivity index (χ4n) is 3.65. The summed E-state index contributed by atoms with van der Waals surface area (Å²) in [4.78, 5) is 14.5. The van der Waals surface area contributed by atoms with Crippen molar-refractivity contribution in [3.63, 3.8) is 0 Å². The molecule has 0 bridgehead atoms. The molecule has 2 rings (SSSR count). The van der Waals surface area contributed by atoms with Crippen LogP contribution in [0, 0.1) is 6.92 Å². The number of alkyl halides is 6. The quantitative estimate of drug-likeness (QED) is 0.258. The summed E-state index contributed by atoms with van der Waals surface area (Å²) in [7, 11) is 3.99. The zero-order valence-corrected chi connectivity index (χ0v) is 20.5. The summed E-state index contributed by atoms with van der Waals surface area (Å²) in [6.07, 6.45) is -8.35. The van der Waals surface area contributed by atoms with E-state index in [0.29, 0.717) is 25.1 Å². The largest absolute Gasteiger partial charge is 0.416 e. The summed E-state index contributed by atoms with van der Waals surface area (Å²) in [5.41, 5.74) is -1.58. The van der Waals surface area contributed by atoms with Crippen molar-refractivity contribution in [1.29, 1.82) is 0 Å². The highest BCUT2D eigenvalue weighted by Crippen LogP contribution is 2.37. The Morgan fingerprint density at radius 2 is 1.58 bits per heavy atom. The van der Waals surface area contributed by atoms with Gasteiger partial charge in [-0.1, -0.05) is 29.8 Å². The van der Waals surface area contributed by atoms with E-state index >= 15 is 0 Å². The number of hydrogen-bond acceptors (Lipinski definition) is 3. The van der Waals surface area contributed by atoms with Gasteiger partial charge in [0, 0.05) is 18.2 Å². The van der Waals surface area contributed by atoms with Crippen molar-refractivity contribution in [1.82, 2.24) is 15.5 Å². The molecular formula is C25H32F6N4O. The fourth-order valence-corrected chi connectivity index (χ4v) is 3.65. The van der Waals surface area contributed by atoms with Crippen LogP contribution in [0.25, 0.3) is 0 Å². The number of hydrogen-bond donors (Lipinski definition) is 3. The van der Waals surface area contributed by atoms with Crippen molar-refractivity contribution >= 4 is 11.7 Å². The highest BCUT2D eigenvalue weighted by Gasteiger charge is 2.37. The zero-order valence-electron chi connectivity index (χ0n) is 20.5. The SMILES string of the molecule is Cc1cccc(C(CCNCCCN(C)C)CNC(=O)Nc2cc(C(F)(F)F)cc(C(F)(F)F)c2)c1. The minimum atomic E-state index is -5.00. The smallest absolute Gasteiger partial charge is 0.337 e. The standard InChI is InChI=1S/C25H32F6N4O/c1-17-6-4-7-18(12-17)19(8-10-32-9-5-11-35(2)3)16-33-23(36)34-22-14-20(24(26,27)28)13-21(15-22)25(29,30)31/h4,6-7,12-15,19,32H,5,8-11,16H2,1-3H3,(H2,33,34,36). The topological polar surface area (TPSA) is 56.4 Å². The Kier molecular flexibility index (Phi) is 10.6. The van der Waals surface area contributed by atoms with Gasteiger partial charge in [0.05, 0.1) is 11.1 Å². The maximum Gasteiger partial charge on any atom is 0.416 e. The molecule has 1 unspecified atom stereocenters. The molecule has 3 N–H and O–H groups in total. The molecule has 0 aliphatic carbocycles. The minimum Gasteiger partial charge on any atom is -0.337 e. The van der Waals surface area contributed by atoms with Gasteiger partial charge in [-0.3, -0.25) is 0 Å². The second-order valence-corrected chi connectivity index (χ2v) is 8.94. The predicted molar refractivity (Wildman–Crippen MR) is 128 cm³/mol. The molecule has 2 aromatic carbocycles. The number of nitrogens with zero attached hydrogens (tertiary/aromatic N) is 1. The van der Waals surface area contributed by atoms with E-state index in [1.807, 2.05) is 45.3 Å². The van der Waals surface area contributed by atoms with Gasteiger partial charge < -0.3 is 20.9 Å². The summed E-state index contributed by atoms with van der Waals surface area (Å²) in [5, 5.41) is 8.05. The predicted octanol–water partition coefficient (Wildman–Crippen LogP) is 5.87. The number of nitrogens with one attached hydrogen (secondary N) is 3. The van der Waals surface area contributed by atoms with E-state index < -0.39 is 35.2 Å². The van der Waals surface area contributed by atoms with Gasteiger partial charge in [-0.05, 0) is 77.3 Å². The Morgan fingerprint density at radius 3 is 2.14 bits per heavy atom. The van der Waals surface area contributed by atoms with E-state index in [9.17, 15) is 31.1 Å². The molecule has 0 aliphatic heterocycles. The van der Waals surface area contributed by atoms with Crippen LogP contribution in [0.1, 0.15) is 41.0 Å². The van der Waals surface area contributed by atoms with Crippen LogP contribution in [-0.4, -0.2) is 51.2 Å². The first-order valence-electron chi connectivity index (χ1n) is 11.5. The third kappa shape index (κ3) is 10.1. The number of halogens is 6. The number of urea groups is 1. The first kappa shape index (κ1) is 29.4. The van der Waals surface area contributed by atoms with Gasteiger partial charge in [-0.2, -0.15) is 26.3 Å². The molecule has 0 saturated carbocycles. The van der Waals surface area contributed by atoms with Crippen LogP contribution in [0.2, 0.25) is 0 Å². The number of aryl methyl sites for hydroxylation is 1. The summed E-state index contributed by atoms with van der Waals surface area (Å²) in [5.74, 6) is -0.107. The van der Waals surface area contributed by atoms with E-state index in [1.54, 1.807) is 0 Å². The summed E-state index contributed by atoms with van der Waals surface area (Å²) in [6.45, 7) is 4.54. The van der Waals surface area contributed by atoms with Crippen LogP contribution in [0.3, 0.4) is 0 Å². The lowest BCUT2D eigenvalue weighted by atomic mass is 9.94. The molecular weight excluding hydrogens is 486 g/mol. The van der Waals surface area contributed by atoms with Crippen molar-refractivity contribution in [3.8, 4) is 0 Å². The highest BCUT2D eigenvalue weighted by atomic mass is 19.4. The maximum absolute atomic E-state index is 13.1. The van der Waals surface area contributed by atoms with Crippen LogP contribution >= 0.6 is 0 Å². The Labute approximate surface area is 207 Å². The Morgan fingerprint density at radius 1 is 0.944 bits per heavy atom. The van der Waals surface area contributed by atoms with Crippen LogP contribution in [0.5, 0.6) is 0 Å². The average Bonchev–Trinajstić information content (AvgIpc) is 2.76. The summed E-state index contributed by atoms with van der Waals surface area (Å²) < 4.78 is 78.5. The Balaban J connectivity index is 2.05. The van der Waals surface area contributed by atoms with Crippen molar-refractivity contribution in [3.05, 3.63) is 64.7 Å². The van der Waals surface area contributed by atoms with E-state index in [2.05, 4.69) is 20.9 Å². The van der Waals surface area contributed by atoms with Gasteiger partial charge in [0.15, 0.2) is 0 Å². The Bertz CT molecular complexity index is 959. The van der Waals surface area contributed by atoms with Crippen molar-refractivity contribution in [2.24, 2.45) is 0 Å². The lowest BCUT2D eigenvalue weighted by Crippen LogP contribution is -2.33. The van der Waals surface area contributed by atoms with Crippen LogP contribution in [-0.2, 0) is 12.4 Å². The van der Waals surface area contributed by atoms with Gasteiger partial charge in [0.1, 0.15) is 0 Å². The molecule has 200 valence electrons. The number of carbonyl (C=O) groups excluding carboxylic acids is 1. The maximum atomic E-state index is 13.1. The second kappa shape index (κ2) is 13.0. The Hall–Kier alpha value is -2.79. The number of anilines is 1. The lowest BCUT2D eigenvalue weighted by molar-refractivity contribution is -0.143. The van der Waals surface area contributed by atoms with Gasteiger partial charge >= 0.3 is 18.4 Å². The third-order valence-corrected chi connectivity index (χ3v) is 5.50. The fraction of sp³-hybridized carbons (Fsp3) is 0.480. The molecule has 36 heavy (non-hydrogen) atoms. The van der Waals surface area contributed by atoms with Crippen molar-refractivity contribution in [2.45, 2.75) is 38.0 Å². The molecule has 0 heterocycles. The molecule has 0 fully saturated rings.